The number of hydrogen-bond donors (Lipinski definition) is 1. The van der Waals surface area contributed by atoms with Crippen molar-refractivity contribution in [3.8, 4) is 11.5 Å². The van der Waals surface area contributed by atoms with Gasteiger partial charge in [-0.05, 0) is 24.5 Å². The molecule has 0 saturated heterocycles. The Balaban J connectivity index is 0.000000771. The predicted octanol–water partition coefficient (Wildman–Crippen LogP) is 3.72. The quantitative estimate of drug-likeness (QED) is 0.891. The molecule has 1 N–H and O–H groups in total. The average molecular weight is 252 g/mol. The van der Waals surface area contributed by atoms with Crippen LogP contribution in [0.15, 0.2) is 0 Å². The standard InChI is InChI=1S/C13H18O3.C2H6/c1-4-5-9-12(14)11-7-16-6-10(11)8(2)13(9)15-3;1-2/h14H,4-7H2,1-3H3;1-2H3. The zero-order valence-electron chi connectivity index (χ0n) is 12.1. The van der Waals surface area contributed by atoms with E-state index < -0.39 is 0 Å². The first-order valence-corrected chi connectivity index (χ1v) is 6.68. The fourth-order valence-corrected chi connectivity index (χ4v) is 2.39. The van der Waals surface area contributed by atoms with Gasteiger partial charge in [0.2, 0.25) is 0 Å². The molecule has 3 heteroatoms. The second-order valence-corrected chi connectivity index (χ2v) is 4.19. The highest BCUT2D eigenvalue weighted by molar-refractivity contribution is 5.59. The van der Waals surface area contributed by atoms with Crippen LogP contribution in [0.25, 0.3) is 0 Å². The van der Waals surface area contributed by atoms with Gasteiger partial charge in [0.1, 0.15) is 11.5 Å². The molecule has 1 aromatic carbocycles. The molecule has 0 saturated carbocycles. The number of fused-ring (bicyclic) bond motifs is 1. The summed E-state index contributed by atoms with van der Waals surface area (Å²) in [7, 11) is 1.66. The molecule has 0 aromatic heterocycles. The van der Waals surface area contributed by atoms with E-state index in [0.29, 0.717) is 19.0 Å². The van der Waals surface area contributed by atoms with E-state index in [1.807, 2.05) is 20.8 Å². The summed E-state index contributed by atoms with van der Waals surface area (Å²) < 4.78 is 10.8. The largest absolute Gasteiger partial charge is 0.507 e. The number of methoxy groups -OCH3 is 1. The zero-order valence-corrected chi connectivity index (χ0v) is 12.1. The molecule has 0 atom stereocenters. The Morgan fingerprint density at radius 2 is 1.83 bits per heavy atom. The van der Waals surface area contributed by atoms with E-state index >= 15 is 0 Å². The van der Waals surface area contributed by atoms with Gasteiger partial charge >= 0.3 is 0 Å². The van der Waals surface area contributed by atoms with Gasteiger partial charge in [-0.2, -0.15) is 0 Å². The number of hydrogen-bond acceptors (Lipinski definition) is 3. The Labute approximate surface area is 110 Å². The lowest BCUT2D eigenvalue weighted by atomic mass is 9.95. The lowest BCUT2D eigenvalue weighted by molar-refractivity contribution is 0.133. The van der Waals surface area contributed by atoms with Gasteiger partial charge in [-0.25, -0.2) is 0 Å². The Morgan fingerprint density at radius 3 is 2.39 bits per heavy atom. The van der Waals surface area contributed by atoms with Crippen LogP contribution < -0.4 is 4.74 Å². The molecule has 1 aliphatic heterocycles. The highest BCUT2D eigenvalue weighted by Crippen LogP contribution is 2.41. The van der Waals surface area contributed by atoms with Crippen LogP contribution in [0.1, 0.15) is 49.4 Å². The van der Waals surface area contributed by atoms with Gasteiger partial charge in [-0.15, -0.1) is 0 Å². The van der Waals surface area contributed by atoms with Crippen LogP contribution >= 0.6 is 0 Å². The van der Waals surface area contributed by atoms with Gasteiger partial charge in [-0.3, -0.25) is 0 Å². The Bertz CT molecular complexity index is 411. The first-order valence-electron chi connectivity index (χ1n) is 6.68. The van der Waals surface area contributed by atoms with Crippen LogP contribution in [0.2, 0.25) is 0 Å². The molecule has 0 unspecified atom stereocenters. The summed E-state index contributed by atoms with van der Waals surface area (Å²) in [5.41, 5.74) is 4.07. The van der Waals surface area contributed by atoms with Crippen LogP contribution in [0.5, 0.6) is 11.5 Å². The van der Waals surface area contributed by atoms with E-state index in [2.05, 4.69) is 6.92 Å². The number of phenols is 1. The fourth-order valence-electron chi connectivity index (χ4n) is 2.39. The number of ether oxygens (including phenoxy) is 2. The molecule has 3 nitrogen and oxygen atoms in total. The summed E-state index contributed by atoms with van der Waals surface area (Å²) in [5.74, 6) is 1.19. The minimum absolute atomic E-state index is 0.372. The van der Waals surface area contributed by atoms with Crippen LogP contribution in [-0.4, -0.2) is 12.2 Å². The van der Waals surface area contributed by atoms with E-state index in [1.54, 1.807) is 7.11 Å². The van der Waals surface area contributed by atoms with Crippen molar-refractivity contribution in [1.82, 2.24) is 0 Å². The Hall–Kier alpha value is -1.22. The van der Waals surface area contributed by atoms with E-state index in [4.69, 9.17) is 9.47 Å². The third-order valence-electron chi connectivity index (χ3n) is 3.20. The molecule has 2 rings (SSSR count). The smallest absolute Gasteiger partial charge is 0.129 e. The highest BCUT2D eigenvalue weighted by Gasteiger charge is 2.25. The lowest BCUT2D eigenvalue weighted by Crippen LogP contribution is -2.01. The summed E-state index contributed by atoms with van der Waals surface area (Å²) >= 11 is 0. The Morgan fingerprint density at radius 1 is 1.22 bits per heavy atom. The van der Waals surface area contributed by atoms with Crippen molar-refractivity contribution < 1.29 is 14.6 Å². The maximum atomic E-state index is 10.2. The maximum Gasteiger partial charge on any atom is 0.129 e. The van der Waals surface area contributed by atoms with Crippen LogP contribution in [-0.2, 0) is 24.4 Å². The number of phenolic OH excluding ortho intramolecular Hbond substituents is 1. The molecular weight excluding hydrogens is 228 g/mol. The fraction of sp³-hybridized carbons (Fsp3) is 0.600. The highest BCUT2D eigenvalue weighted by atomic mass is 16.5. The molecule has 1 aliphatic rings. The molecule has 0 fully saturated rings. The van der Waals surface area contributed by atoms with Crippen molar-refractivity contribution in [2.75, 3.05) is 7.11 Å². The minimum atomic E-state index is 0.372. The second kappa shape index (κ2) is 6.64. The molecular formula is C15H24O3. The third-order valence-corrected chi connectivity index (χ3v) is 3.20. The third kappa shape index (κ3) is 2.46. The number of benzene rings is 1. The maximum absolute atomic E-state index is 10.2. The van der Waals surface area contributed by atoms with Crippen molar-refractivity contribution in [1.29, 1.82) is 0 Å². The topological polar surface area (TPSA) is 38.7 Å². The minimum Gasteiger partial charge on any atom is -0.507 e. The summed E-state index contributed by atoms with van der Waals surface area (Å²) in [4.78, 5) is 0. The van der Waals surface area contributed by atoms with E-state index in [9.17, 15) is 5.11 Å². The molecule has 102 valence electrons. The van der Waals surface area contributed by atoms with Crippen molar-refractivity contribution >= 4 is 0 Å². The van der Waals surface area contributed by atoms with Crippen LogP contribution in [0, 0.1) is 6.92 Å². The van der Waals surface area contributed by atoms with Gasteiger partial charge in [0.05, 0.1) is 20.3 Å². The Kier molecular flexibility index (Phi) is 5.48. The number of aromatic hydroxyl groups is 1. The summed E-state index contributed by atoms with van der Waals surface area (Å²) in [6.07, 6.45) is 1.83. The van der Waals surface area contributed by atoms with Crippen molar-refractivity contribution in [2.24, 2.45) is 0 Å². The van der Waals surface area contributed by atoms with Gasteiger partial charge < -0.3 is 14.6 Å². The molecule has 1 heterocycles. The van der Waals surface area contributed by atoms with Crippen molar-refractivity contribution in [2.45, 2.75) is 53.8 Å². The summed E-state index contributed by atoms with van der Waals surface area (Å²) in [6, 6.07) is 0. The molecule has 0 aliphatic carbocycles. The molecule has 1 aromatic rings. The number of rotatable bonds is 3. The van der Waals surface area contributed by atoms with Crippen molar-refractivity contribution in [3.63, 3.8) is 0 Å². The summed E-state index contributed by atoms with van der Waals surface area (Å²) in [5, 5.41) is 10.2. The van der Waals surface area contributed by atoms with E-state index in [1.165, 1.54) is 0 Å². The van der Waals surface area contributed by atoms with E-state index in [0.717, 1.165) is 40.8 Å². The first-order chi connectivity index (χ1) is 8.70. The average Bonchev–Trinajstić information content (AvgIpc) is 2.88. The molecule has 0 bridgehead atoms. The van der Waals surface area contributed by atoms with Crippen molar-refractivity contribution in [3.05, 3.63) is 22.3 Å². The van der Waals surface area contributed by atoms with Gasteiger partial charge in [0, 0.05) is 11.1 Å². The van der Waals surface area contributed by atoms with Gasteiger partial charge in [0.15, 0.2) is 0 Å². The van der Waals surface area contributed by atoms with Crippen LogP contribution in [0.3, 0.4) is 0 Å². The monoisotopic (exact) mass is 252 g/mol. The lowest BCUT2D eigenvalue weighted by Gasteiger charge is -2.16. The SMILES string of the molecule is CC.CCCc1c(O)c2c(c(C)c1OC)COC2. The molecule has 18 heavy (non-hydrogen) atoms. The second-order valence-electron chi connectivity index (χ2n) is 4.19. The normalized spacial score (nSPS) is 12.7. The molecule has 0 spiro atoms. The molecule has 0 radical (unpaired) electrons. The zero-order chi connectivity index (χ0) is 13.7. The molecule has 0 amide bonds. The first kappa shape index (κ1) is 14.8. The van der Waals surface area contributed by atoms with Gasteiger partial charge in [0.25, 0.3) is 0 Å². The van der Waals surface area contributed by atoms with E-state index in [-0.39, 0.29) is 0 Å². The predicted molar refractivity (Wildman–Crippen MR) is 73.2 cm³/mol. The van der Waals surface area contributed by atoms with Gasteiger partial charge in [-0.1, -0.05) is 27.2 Å². The summed E-state index contributed by atoms with van der Waals surface area (Å²) in [6.45, 7) is 9.23. The van der Waals surface area contributed by atoms with Crippen LogP contribution in [0.4, 0.5) is 0 Å².